The molecule has 2 rings (SSSR count). The van der Waals surface area contributed by atoms with Gasteiger partial charge in [-0.05, 0) is 17.9 Å². The molecule has 0 aliphatic heterocycles. The average Bonchev–Trinajstić information content (AvgIpc) is 2.50. The lowest BCUT2D eigenvalue weighted by atomic mass is 9.98. The van der Waals surface area contributed by atoms with Crippen LogP contribution in [0.15, 0.2) is 30.3 Å². The van der Waals surface area contributed by atoms with Crippen LogP contribution in [0.5, 0.6) is 11.5 Å². The van der Waals surface area contributed by atoms with Gasteiger partial charge < -0.3 is 10.2 Å². The number of hydrogen-bond acceptors (Lipinski definition) is 3. The Morgan fingerprint density at radius 1 is 1.00 bits per heavy atom. The van der Waals surface area contributed by atoms with Crippen molar-refractivity contribution in [2.75, 3.05) is 0 Å². The third-order valence-corrected chi connectivity index (χ3v) is 3.80. The molecule has 0 amide bonds. The Labute approximate surface area is 125 Å². The molecule has 0 bridgehead atoms. The number of Topliss-reactive ketones (excluding diaryl/α,β-unsaturated/α-hetero) is 1. The Morgan fingerprint density at radius 2 is 1.71 bits per heavy atom. The SMILES string of the molecule is CCCCCCCC(=O)c1cc2ccccc2c(O)c1O. The lowest BCUT2D eigenvalue weighted by Crippen LogP contribution is -2.00. The number of fused-ring (bicyclic) bond motifs is 1. The van der Waals surface area contributed by atoms with Crippen LogP contribution in [0.4, 0.5) is 0 Å². The molecule has 112 valence electrons. The molecular formula is C18H22O3. The predicted octanol–water partition coefficient (Wildman–Crippen LogP) is 4.79. The van der Waals surface area contributed by atoms with E-state index in [0.717, 1.165) is 24.6 Å². The Balaban J connectivity index is 2.14. The van der Waals surface area contributed by atoms with Crippen molar-refractivity contribution in [3.05, 3.63) is 35.9 Å². The van der Waals surface area contributed by atoms with Crippen LogP contribution in [0.25, 0.3) is 10.8 Å². The first-order valence-corrected chi connectivity index (χ1v) is 7.62. The monoisotopic (exact) mass is 286 g/mol. The van der Waals surface area contributed by atoms with Crippen LogP contribution >= 0.6 is 0 Å². The predicted molar refractivity (Wildman–Crippen MR) is 85.0 cm³/mol. The van der Waals surface area contributed by atoms with Gasteiger partial charge in [-0.1, -0.05) is 56.9 Å². The van der Waals surface area contributed by atoms with E-state index in [0.29, 0.717) is 11.8 Å². The lowest BCUT2D eigenvalue weighted by Gasteiger charge is -2.09. The molecule has 0 aliphatic rings. The molecule has 0 aromatic heterocycles. The molecule has 3 nitrogen and oxygen atoms in total. The standard InChI is InChI=1S/C18H22O3/c1-2-3-4-5-6-11-16(19)15-12-13-9-7-8-10-14(13)17(20)18(15)21/h7-10,12,20-21H,2-6,11H2,1H3. The summed E-state index contributed by atoms with van der Waals surface area (Å²) in [6.07, 6.45) is 5.77. The fourth-order valence-electron chi connectivity index (χ4n) is 2.55. The van der Waals surface area contributed by atoms with Crippen molar-refractivity contribution in [3.8, 4) is 11.5 Å². The van der Waals surface area contributed by atoms with Crippen LogP contribution in [-0.4, -0.2) is 16.0 Å². The van der Waals surface area contributed by atoms with E-state index >= 15 is 0 Å². The van der Waals surface area contributed by atoms with Crippen molar-refractivity contribution in [1.29, 1.82) is 0 Å². The number of phenolic OH excluding ortho intramolecular Hbond substituents is 2. The van der Waals surface area contributed by atoms with Gasteiger partial charge in [0.2, 0.25) is 0 Å². The minimum atomic E-state index is -0.299. The summed E-state index contributed by atoms with van der Waals surface area (Å²) in [5, 5.41) is 21.4. The molecular weight excluding hydrogens is 264 g/mol. The minimum Gasteiger partial charge on any atom is -0.504 e. The average molecular weight is 286 g/mol. The first-order chi connectivity index (χ1) is 10.1. The third-order valence-electron chi connectivity index (χ3n) is 3.80. The highest BCUT2D eigenvalue weighted by Gasteiger charge is 2.17. The first-order valence-electron chi connectivity index (χ1n) is 7.62. The number of aromatic hydroxyl groups is 2. The number of phenols is 2. The molecule has 0 heterocycles. The van der Waals surface area contributed by atoms with E-state index in [1.807, 2.05) is 12.1 Å². The molecule has 2 aromatic rings. The van der Waals surface area contributed by atoms with Crippen LogP contribution in [0.1, 0.15) is 55.8 Å². The van der Waals surface area contributed by atoms with Gasteiger partial charge in [-0.15, -0.1) is 0 Å². The van der Waals surface area contributed by atoms with Crippen LogP contribution in [-0.2, 0) is 0 Å². The molecule has 0 spiro atoms. The molecule has 21 heavy (non-hydrogen) atoms. The van der Waals surface area contributed by atoms with E-state index in [-0.39, 0.29) is 22.8 Å². The van der Waals surface area contributed by atoms with Gasteiger partial charge in [0.15, 0.2) is 17.3 Å². The fourth-order valence-corrected chi connectivity index (χ4v) is 2.55. The maximum Gasteiger partial charge on any atom is 0.169 e. The van der Waals surface area contributed by atoms with Crippen LogP contribution in [0.2, 0.25) is 0 Å². The summed E-state index contributed by atoms with van der Waals surface area (Å²) in [5.74, 6) is -0.611. The van der Waals surface area contributed by atoms with E-state index in [2.05, 4.69) is 6.92 Å². The number of benzene rings is 2. The van der Waals surface area contributed by atoms with Crippen molar-refractivity contribution in [3.63, 3.8) is 0 Å². The van der Waals surface area contributed by atoms with Crippen molar-refractivity contribution >= 4 is 16.6 Å². The molecule has 0 atom stereocenters. The summed E-state index contributed by atoms with van der Waals surface area (Å²) in [6, 6.07) is 8.85. The van der Waals surface area contributed by atoms with Gasteiger partial charge in [0.25, 0.3) is 0 Å². The van der Waals surface area contributed by atoms with Gasteiger partial charge in [0.1, 0.15) is 0 Å². The number of rotatable bonds is 7. The zero-order valence-corrected chi connectivity index (χ0v) is 12.4. The topological polar surface area (TPSA) is 57.5 Å². The lowest BCUT2D eigenvalue weighted by molar-refractivity contribution is 0.0976. The summed E-state index contributed by atoms with van der Waals surface area (Å²) in [7, 11) is 0. The zero-order valence-electron chi connectivity index (χ0n) is 12.4. The number of carbonyl (C=O) groups excluding carboxylic acids is 1. The van der Waals surface area contributed by atoms with Crippen molar-refractivity contribution in [2.24, 2.45) is 0 Å². The second kappa shape index (κ2) is 7.11. The Morgan fingerprint density at radius 3 is 2.48 bits per heavy atom. The summed E-state index contributed by atoms with van der Waals surface area (Å²) >= 11 is 0. The molecule has 2 aromatic carbocycles. The van der Waals surface area contributed by atoms with Crippen molar-refractivity contribution in [2.45, 2.75) is 45.4 Å². The second-order valence-electron chi connectivity index (χ2n) is 5.43. The van der Waals surface area contributed by atoms with Gasteiger partial charge in [-0.2, -0.15) is 0 Å². The van der Waals surface area contributed by atoms with Gasteiger partial charge in [0.05, 0.1) is 5.56 Å². The number of hydrogen-bond donors (Lipinski definition) is 2. The van der Waals surface area contributed by atoms with E-state index in [4.69, 9.17) is 0 Å². The van der Waals surface area contributed by atoms with E-state index in [1.165, 1.54) is 12.8 Å². The number of ketones is 1. The fraction of sp³-hybridized carbons (Fsp3) is 0.389. The molecule has 0 radical (unpaired) electrons. The molecule has 0 fully saturated rings. The maximum atomic E-state index is 12.2. The first kappa shape index (κ1) is 15.4. The van der Waals surface area contributed by atoms with Gasteiger partial charge in [-0.25, -0.2) is 0 Å². The van der Waals surface area contributed by atoms with Crippen LogP contribution in [0, 0.1) is 0 Å². The Hall–Kier alpha value is -2.03. The van der Waals surface area contributed by atoms with E-state index in [9.17, 15) is 15.0 Å². The zero-order chi connectivity index (χ0) is 15.2. The Bertz CT molecular complexity index is 632. The molecule has 0 saturated carbocycles. The highest BCUT2D eigenvalue weighted by Crippen LogP contribution is 2.37. The largest absolute Gasteiger partial charge is 0.504 e. The highest BCUT2D eigenvalue weighted by molar-refractivity contribution is 6.05. The molecule has 0 saturated heterocycles. The van der Waals surface area contributed by atoms with Crippen molar-refractivity contribution < 1.29 is 15.0 Å². The normalized spacial score (nSPS) is 10.9. The second-order valence-corrected chi connectivity index (χ2v) is 5.43. The maximum absolute atomic E-state index is 12.2. The molecule has 0 unspecified atom stereocenters. The smallest absolute Gasteiger partial charge is 0.169 e. The summed E-state index contributed by atoms with van der Waals surface area (Å²) in [6.45, 7) is 2.15. The molecule has 3 heteroatoms. The molecule has 0 aliphatic carbocycles. The van der Waals surface area contributed by atoms with E-state index < -0.39 is 0 Å². The van der Waals surface area contributed by atoms with Crippen LogP contribution in [0.3, 0.4) is 0 Å². The van der Waals surface area contributed by atoms with Gasteiger partial charge in [0, 0.05) is 11.8 Å². The minimum absolute atomic E-state index is 0.106. The summed E-state index contributed by atoms with van der Waals surface area (Å²) in [4.78, 5) is 12.2. The Kier molecular flexibility index (Phi) is 5.20. The van der Waals surface area contributed by atoms with Gasteiger partial charge in [-0.3, -0.25) is 4.79 Å². The van der Waals surface area contributed by atoms with Gasteiger partial charge >= 0.3 is 0 Å². The number of unbranched alkanes of at least 4 members (excludes halogenated alkanes) is 4. The summed E-state index contributed by atoms with van der Waals surface area (Å²) in [5.41, 5.74) is 0.224. The molecule has 2 N–H and O–H groups in total. The number of carbonyl (C=O) groups is 1. The van der Waals surface area contributed by atoms with E-state index in [1.54, 1.807) is 18.2 Å². The highest BCUT2D eigenvalue weighted by atomic mass is 16.3. The van der Waals surface area contributed by atoms with Crippen molar-refractivity contribution in [1.82, 2.24) is 0 Å². The quantitative estimate of drug-likeness (QED) is 0.437. The van der Waals surface area contributed by atoms with Crippen LogP contribution < -0.4 is 0 Å². The summed E-state index contributed by atoms with van der Waals surface area (Å²) < 4.78 is 0. The third kappa shape index (κ3) is 3.54.